The average molecular weight is 278 g/mol. The number of piperidine rings is 1. The zero-order valence-corrected chi connectivity index (χ0v) is 12.1. The first kappa shape index (κ1) is 13.8. The van der Waals surface area contributed by atoms with Crippen molar-refractivity contribution < 1.29 is 9.50 Å². The zero-order valence-electron chi connectivity index (χ0n) is 12.1. The van der Waals surface area contributed by atoms with Crippen LogP contribution in [-0.4, -0.2) is 42.2 Å². The number of hydrogen-bond donors (Lipinski definition) is 1. The van der Waals surface area contributed by atoms with Crippen LogP contribution >= 0.6 is 0 Å². The first-order valence-electron chi connectivity index (χ1n) is 7.62. The number of benzene rings is 1. The normalized spacial score (nSPS) is 25.4. The molecule has 0 spiro atoms. The number of halogens is 1. The molecule has 20 heavy (non-hydrogen) atoms. The lowest BCUT2D eigenvalue weighted by Crippen LogP contribution is -2.55. The predicted molar refractivity (Wildman–Crippen MR) is 78.5 cm³/mol. The van der Waals surface area contributed by atoms with Gasteiger partial charge >= 0.3 is 0 Å². The fraction of sp³-hybridized carbons (Fsp3) is 0.625. The molecule has 2 atom stereocenters. The van der Waals surface area contributed by atoms with E-state index in [0.717, 1.165) is 25.3 Å². The van der Waals surface area contributed by atoms with Gasteiger partial charge in [0.25, 0.3) is 0 Å². The van der Waals surface area contributed by atoms with Gasteiger partial charge in [0.15, 0.2) is 0 Å². The molecule has 2 aliphatic heterocycles. The van der Waals surface area contributed by atoms with Crippen LogP contribution in [0.15, 0.2) is 18.2 Å². The van der Waals surface area contributed by atoms with E-state index >= 15 is 0 Å². The van der Waals surface area contributed by atoms with Crippen LogP contribution in [0.3, 0.4) is 0 Å². The third-order valence-corrected chi connectivity index (χ3v) is 4.63. The summed E-state index contributed by atoms with van der Waals surface area (Å²) in [5.41, 5.74) is 1.31. The van der Waals surface area contributed by atoms with Crippen molar-refractivity contribution in [1.82, 2.24) is 4.90 Å². The van der Waals surface area contributed by atoms with E-state index in [9.17, 15) is 9.50 Å². The van der Waals surface area contributed by atoms with Gasteiger partial charge in [-0.2, -0.15) is 0 Å². The zero-order chi connectivity index (χ0) is 14.1. The lowest BCUT2D eigenvalue weighted by Gasteiger charge is -2.45. The molecule has 2 aliphatic rings. The molecule has 2 saturated heterocycles. The van der Waals surface area contributed by atoms with Gasteiger partial charge in [0, 0.05) is 36.9 Å². The maximum Gasteiger partial charge on any atom is 0.131 e. The third kappa shape index (κ3) is 2.54. The summed E-state index contributed by atoms with van der Waals surface area (Å²) in [4.78, 5) is 4.80. The highest BCUT2D eigenvalue weighted by Gasteiger charge is 2.30. The quantitative estimate of drug-likeness (QED) is 0.900. The molecule has 1 unspecified atom stereocenters. The minimum atomic E-state index is -0.768. The summed E-state index contributed by atoms with van der Waals surface area (Å²) in [5, 5.41) is 9.87. The Labute approximate surface area is 120 Å². The van der Waals surface area contributed by atoms with Gasteiger partial charge in [-0.05, 0) is 38.4 Å². The van der Waals surface area contributed by atoms with Crippen LogP contribution in [0, 0.1) is 5.82 Å². The van der Waals surface area contributed by atoms with Crippen molar-refractivity contribution in [3.8, 4) is 0 Å². The van der Waals surface area contributed by atoms with Crippen LogP contribution in [0.4, 0.5) is 10.1 Å². The number of aliphatic hydroxyl groups excluding tert-OH is 1. The smallest absolute Gasteiger partial charge is 0.131 e. The molecular weight excluding hydrogens is 255 g/mol. The van der Waals surface area contributed by atoms with E-state index in [0.29, 0.717) is 11.6 Å². The van der Waals surface area contributed by atoms with E-state index in [1.165, 1.54) is 31.9 Å². The topological polar surface area (TPSA) is 26.7 Å². The summed E-state index contributed by atoms with van der Waals surface area (Å²) in [6, 6.07) is 5.69. The lowest BCUT2D eigenvalue weighted by molar-refractivity contribution is 0.132. The number of fused-ring (bicyclic) bond motifs is 1. The Kier molecular flexibility index (Phi) is 3.94. The van der Waals surface area contributed by atoms with E-state index in [-0.39, 0.29) is 5.82 Å². The van der Waals surface area contributed by atoms with Gasteiger partial charge in [0.1, 0.15) is 5.82 Å². The summed E-state index contributed by atoms with van der Waals surface area (Å²) in [6.07, 6.45) is 3.06. The van der Waals surface area contributed by atoms with Crippen LogP contribution in [0.1, 0.15) is 37.9 Å². The SMILES string of the molecule is C[C@@H](O)c1c(F)cccc1N1CCN2CCCCC2C1. The van der Waals surface area contributed by atoms with Crippen molar-refractivity contribution in [2.24, 2.45) is 0 Å². The van der Waals surface area contributed by atoms with Crippen LogP contribution in [0.2, 0.25) is 0 Å². The Hall–Kier alpha value is -1.13. The highest BCUT2D eigenvalue weighted by molar-refractivity contribution is 5.55. The second kappa shape index (κ2) is 5.70. The van der Waals surface area contributed by atoms with E-state index < -0.39 is 6.10 Å². The first-order chi connectivity index (χ1) is 9.66. The standard InChI is InChI=1S/C16H23FN2O/c1-12(20)16-14(17)6-4-7-15(16)19-10-9-18-8-3-2-5-13(18)11-19/h4,6-7,12-13,20H,2-3,5,8-11H2,1H3/t12-,13?/m1/s1. The van der Waals surface area contributed by atoms with Gasteiger partial charge in [-0.3, -0.25) is 4.90 Å². The minimum Gasteiger partial charge on any atom is -0.389 e. The molecule has 0 aliphatic carbocycles. The summed E-state index contributed by atoms with van der Waals surface area (Å²) in [5.74, 6) is -0.302. The molecule has 0 amide bonds. The van der Waals surface area contributed by atoms with Crippen LogP contribution < -0.4 is 4.90 Å². The molecule has 0 radical (unpaired) electrons. The highest BCUT2D eigenvalue weighted by Crippen LogP contribution is 2.32. The summed E-state index contributed by atoms with van der Waals surface area (Å²) in [6.45, 7) is 5.74. The molecule has 2 heterocycles. The van der Waals surface area contributed by atoms with E-state index in [2.05, 4.69) is 9.80 Å². The Balaban J connectivity index is 1.84. The fourth-order valence-corrected chi connectivity index (χ4v) is 3.59. The van der Waals surface area contributed by atoms with E-state index in [1.807, 2.05) is 6.07 Å². The summed E-state index contributed by atoms with van der Waals surface area (Å²) in [7, 11) is 0. The number of nitrogens with zero attached hydrogens (tertiary/aromatic N) is 2. The van der Waals surface area contributed by atoms with Crippen LogP contribution in [-0.2, 0) is 0 Å². The molecule has 0 aromatic heterocycles. The second-order valence-electron chi connectivity index (χ2n) is 5.98. The van der Waals surface area contributed by atoms with Gasteiger partial charge in [0.2, 0.25) is 0 Å². The van der Waals surface area contributed by atoms with Gasteiger partial charge in [-0.25, -0.2) is 4.39 Å². The molecule has 3 rings (SSSR count). The van der Waals surface area contributed by atoms with Crippen molar-refractivity contribution in [2.45, 2.75) is 38.3 Å². The minimum absolute atomic E-state index is 0.302. The molecule has 3 nitrogen and oxygen atoms in total. The Morgan fingerprint density at radius 3 is 2.90 bits per heavy atom. The number of aliphatic hydroxyl groups is 1. The molecule has 0 saturated carbocycles. The van der Waals surface area contributed by atoms with E-state index in [4.69, 9.17) is 0 Å². The Bertz CT molecular complexity index is 478. The van der Waals surface area contributed by atoms with Crippen LogP contribution in [0.25, 0.3) is 0 Å². The summed E-state index contributed by atoms with van der Waals surface area (Å²) >= 11 is 0. The number of piperazine rings is 1. The number of rotatable bonds is 2. The van der Waals surface area contributed by atoms with Crippen molar-refractivity contribution >= 4 is 5.69 Å². The maximum atomic E-state index is 14.0. The maximum absolute atomic E-state index is 14.0. The van der Waals surface area contributed by atoms with E-state index in [1.54, 1.807) is 13.0 Å². The predicted octanol–water partition coefficient (Wildman–Crippen LogP) is 2.55. The summed E-state index contributed by atoms with van der Waals surface area (Å²) < 4.78 is 14.0. The third-order valence-electron chi connectivity index (χ3n) is 4.63. The average Bonchev–Trinajstić information content (AvgIpc) is 2.46. The number of hydrogen-bond acceptors (Lipinski definition) is 3. The lowest BCUT2D eigenvalue weighted by atomic mass is 9.98. The van der Waals surface area contributed by atoms with Gasteiger partial charge in [-0.15, -0.1) is 0 Å². The second-order valence-corrected chi connectivity index (χ2v) is 5.98. The van der Waals surface area contributed by atoms with Crippen molar-refractivity contribution in [3.63, 3.8) is 0 Å². The van der Waals surface area contributed by atoms with Gasteiger partial charge < -0.3 is 10.0 Å². The Morgan fingerprint density at radius 2 is 2.10 bits per heavy atom. The van der Waals surface area contributed by atoms with Crippen molar-refractivity contribution in [2.75, 3.05) is 31.1 Å². The van der Waals surface area contributed by atoms with Crippen molar-refractivity contribution in [3.05, 3.63) is 29.6 Å². The molecule has 0 bridgehead atoms. The molecule has 1 aromatic rings. The van der Waals surface area contributed by atoms with Crippen LogP contribution in [0.5, 0.6) is 0 Å². The monoisotopic (exact) mass is 278 g/mol. The highest BCUT2D eigenvalue weighted by atomic mass is 19.1. The molecule has 1 N–H and O–H groups in total. The van der Waals surface area contributed by atoms with Gasteiger partial charge in [-0.1, -0.05) is 12.5 Å². The first-order valence-corrected chi connectivity index (χ1v) is 7.62. The van der Waals surface area contributed by atoms with Crippen molar-refractivity contribution in [1.29, 1.82) is 0 Å². The molecule has 1 aromatic carbocycles. The largest absolute Gasteiger partial charge is 0.389 e. The molecule has 2 fully saturated rings. The molecular formula is C16H23FN2O. The van der Waals surface area contributed by atoms with Gasteiger partial charge in [0.05, 0.1) is 6.10 Å². The number of anilines is 1. The Morgan fingerprint density at radius 1 is 1.25 bits per heavy atom. The molecule has 110 valence electrons. The molecule has 4 heteroatoms. The fourth-order valence-electron chi connectivity index (χ4n) is 3.59.